The molecular weight excluding hydrogens is 366 g/mol. The number of rotatable bonds is 6. The van der Waals surface area contributed by atoms with Crippen LogP contribution in [0.1, 0.15) is 11.1 Å². The third kappa shape index (κ3) is 3.75. The van der Waals surface area contributed by atoms with Crippen molar-refractivity contribution in [2.45, 2.75) is 6.92 Å². The van der Waals surface area contributed by atoms with Gasteiger partial charge >= 0.3 is 0 Å². The molecule has 2 heterocycles. The molecule has 2 aromatic rings. The lowest BCUT2D eigenvalue weighted by Gasteiger charge is -2.27. The molecule has 148 valence electrons. The second-order valence-corrected chi connectivity index (χ2v) is 6.84. The summed E-state index contributed by atoms with van der Waals surface area (Å²) in [6.45, 7) is 2.18. The fraction of sp³-hybridized carbons (Fsp3) is 0.136. The van der Waals surface area contributed by atoms with Crippen LogP contribution in [0, 0.1) is 6.92 Å². The fourth-order valence-electron chi connectivity index (χ4n) is 3.30. The van der Waals surface area contributed by atoms with Crippen LogP contribution in [0.25, 0.3) is 5.70 Å². The van der Waals surface area contributed by atoms with Crippen molar-refractivity contribution in [3.05, 3.63) is 89.9 Å². The summed E-state index contributed by atoms with van der Waals surface area (Å²) in [5.41, 5.74) is 9.43. The molecule has 4 N–H and O–H groups in total. The number of primary amides is 1. The maximum atomic E-state index is 11.3. The van der Waals surface area contributed by atoms with Crippen LogP contribution in [0.15, 0.2) is 78.8 Å². The quantitative estimate of drug-likeness (QED) is 0.705. The Labute approximate surface area is 169 Å². The predicted molar refractivity (Wildman–Crippen MR) is 113 cm³/mol. The van der Waals surface area contributed by atoms with Crippen LogP contribution in [0.3, 0.4) is 0 Å². The van der Waals surface area contributed by atoms with E-state index in [2.05, 4.69) is 23.6 Å². The van der Waals surface area contributed by atoms with Gasteiger partial charge in [0.1, 0.15) is 23.9 Å². The van der Waals surface area contributed by atoms with E-state index in [9.17, 15) is 4.79 Å². The van der Waals surface area contributed by atoms with Gasteiger partial charge in [-0.1, -0.05) is 18.2 Å². The molecule has 7 nitrogen and oxygen atoms in total. The molecule has 0 radical (unpaired) electrons. The van der Waals surface area contributed by atoms with E-state index in [0.29, 0.717) is 0 Å². The number of fused-ring (bicyclic) bond motifs is 1. The number of anilines is 1. The van der Waals surface area contributed by atoms with Gasteiger partial charge in [0, 0.05) is 29.9 Å². The van der Waals surface area contributed by atoms with E-state index in [4.69, 9.17) is 10.5 Å². The second kappa shape index (κ2) is 7.63. The molecule has 0 aromatic heterocycles. The van der Waals surface area contributed by atoms with Crippen molar-refractivity contribution in [1.29, 1.82) is 0 Å². The van der Waals surface area contributed by atoms with Crippen LogP contribution < -0.4 is 21.1 Å². The number of hydrogen-bond donors (Lipinski definition) is 3. The maximum absolute atomic E-state index is 11.3. The molecule has 0 fully saturated rings. The Balaban J connectivity index is 1.73. The molecule has 7 heteroatoms. The van der Waals surface area contributed by atoms with E-state index in [1.807, 2.05) is 66.0 Å². The zero-order valence-corrected chi connectivity index (χ0v) is 16.3. The molecule has 0 spiro atoms. The Morgan fingerprint density at radius 3 is 2.59 bits per heavy atom. The lowest BCUT2D eigenvalue weighted by Crippen LogP contribution is -2.32. The first-order chi connectivity index (χ1) is 14.0. The number of methoxy groups -OCH3 is 1. The lowest BCUT2D eigenvalue weighted by atomic mass is 10.1. The topological polar surface area (TPSA) is 82.9 Å². The highest BCUT2D eigenvalue weighted by atomic mass is 16.5. The zero-order chi connectivity index (χ0) is 20.4. The van der Waals surface area contributed by atoms with E-state index in [1.165, 1.54) is 0 Å². The van der Waals surface area contributed by atoms with Crippen molar-refractivity contribution in [2.24, 2.45) is 5.73 Å². The van der Waals surface area contributed by atoms with Gasteiger partial charge in [0.05, 0.1) is 12.8 Å². The van der Waals surface area contributed by atoms with E-state index in [-0.39, 0.29) is 12.5 Å². The molecule has 0 unspecified atom stereocenters. The summed E-state index contributed by atoms with van der Waals surface area (Å²) in [5.74, 6) is 2.13. The Kier molecular flexibility index (Phi) is 4.87. The lowest BCUT2D eigenvalue weighted by molar-refractivity contribution is -0.118. The average Bonchev–Trinajstić information content (AvgIpc) is 3.07. The molecule has 2 aliphatic rings. The highest BCUT2D eigenvalue weighted by Gasteiger charge is 2.29. The van der Waals surface area contributed by atoms with E-state index < -0.39 is 0 Å². The normalized spacial score (nSPS) is 15.0. The molecule has 4 rings (SSSR count). The van der Waals surface area contributed by atoms with Crippen molar-refractivity contribution >= 4 is 17.3 Å². The summed E-state index contributed by atoms with van der Waals surface area (Å²) in [7, 11) is 1.65. The van der Waals surface area contributed by atoms with Crippen LogP contribution in [-0.2, 0) is 4.79 Å². The Morgan fingerprint density at radius 1 is 1.14 bits per heavy atom. The number of benzene rings is 2. The van der Waals surface area contributed by atoms with Gasteiger partial charge in [-0.2, -0.15) is 0 Å². The van der Waals surface area contributed by atoms with Gasteiger partial charge in [-0.05, 0) is 42.8 Å². The summed E-state index contributed by atoms with van der Waals surface area (Å²) >= 11 is 0. The first-order valence-electron chi connectivity index (χ1n) is 9.27. The molecule has 0 saturated heterocycles. The molecule has 0 atom stereocenters. The number of nitrogens with two attached hydrogens (primary N) is 1. The largest absolute Gasteiger partial charge is 0.497 e. The summed E-state index contributed by atoms with van der Waals surface area (Å²) < 4.78 is 5.28. The molecule has 29 heavy (non-hydrogen) atoms. The summed E-state index contributed by atoms with van der Waals surface area (Å²) in [4.78, 5) is 15.1. The molecule has 2 aliphatic heterocycles. The van der Waals surface area contributed by atoms with Crippen LogP contribution in [0.4, 0.5) is 5.69 Å². The molecule has 2 aromatic carbocycles. The zero-order valence-electron chi connectivity index (χ0n) is 16.3. The van der Waals surface area contributed by atoms with E-state index in [1.54, 1.807) is 12.0 Å². The van der Waals surface area contributed by atoms with Gasteiger partial charge in [-0.3, -0.25) is 9.69 Å². The third-order valence-electron chi connectivity index (χ3n) is 4.80. The van der Waals surface area contributed by atoms with Crippen LogP contribution in [-0.4, -0.2) is 29.4 Å². The first kappa shape index (κ1) is 18.5. The highest BCUT2D eigenvalue weighted by molar-refractivity contribution is 5.77. The maximum Gasteiger partial charge on any atom is 0.237 e. The number of nitrogens with zero attached hydrogens (tertiary/aromatic N) is 2. The minimum Gasteiger partial charge on any atom is -0.497 e. The van der Waals surface area contributed by atoms with E-state index >= 15 is 0 Å². The van der Waals surface area contributed by atoms with Crippen LogP contribution in [0.2, 0.25) is 0 Å². The molecular formula is C22H23N5O2. The van der Waals surface area contributed by atoms with Gasteiger partial charge in [0.25, 0.3) is 0 Å². The third-order valence-corrected chi connectivity index (χ3v) is 4.80. The van der Waals surface area contributed by atoms with Crippen molar-refractivity contribution in [2.75, 3.05) is 19.0 Å². The molecule has 0 saturated carbocycles. The minimum atomic E-state index is -0.389. The van der Waals surface area contributed by atoms with Crippen molar-refractivity contribution in [1.82, 2.24) is 15.1 Å². The number of hydrogen-bond acceptors (Lipinski definition) is 6. The van der Waals surface area contributed by atoms with Crippen LogP contribution in [0.5, 0.6) is 5.75 Å². The number of carbonyl (C=O) groups is 1. The summed E-state index contributed by atoms with van der Waals surface area (Å²) in [6, 6.07) is 16.0. The van der Waals surface area contributed by atoms with Crippen molar-refractivity contribution < 1.29 is 9.53 Å². The number of ether oxygens (including phenoxy) is 1. The Morgan fingerprint density at radius 2 is 1.90 bits per heavy atom. The number of nitrogens with one attached hydrogen (secondary N) is 2. The second-order valence-electron chi connectivity index (χ2n) is 6.84. The Bertz CT molecular complexity index is 1020. The van der Waals surface area contributed by atoms with Gasteiger partial charge < -0.3 is 26.0 Å². The van der Waals surface area contributed by atoms with E-state index in [0.717, 1.165) is 39.9 Å². The average molecular weight is 389 g/mol. The smallest absolute Gasteiger partial charge is 0.237 e. The van der Waals surface area contributed by atoms with Crippen LogP contribution >= 0.6 is 0 Å². The highest BCUT2D eigenvalue weighted by Crippen LogP contribution is 2.33. The summed E-state index contributed by atoms with van der Waals surface area (Å²) in [6.07, 6.45) is 5.59. The number of aryl methyl sites for hydroxylation is 1. The van der Waals surface area contributed by atoms with Crippen molar-refractivity contribution in [3.63, 3.8) is 0 Å². The van der Waals surface area contributed by atoms with Gasteiger partial charge in [-0.15, -0.1) is 0 Å². The monoisotopic (exact) mass is 389 g/mol. The summed E-state index contributed by atoms with van der Waals surface area (Å²) in [5, 5.41) is 7.01. The number of carbonyl (C=O) groups excluding carboxylic acids is 1. The van der Waals surface area contributed by atoms with Crippen molar-refractivity contribution in [3.8, 4) is 5.75 Å². The van der Waals surface area contributed by atoms with Gasteiger partial charge in [0.15, 0.2) is 0 Å². The number of para-hydroxylation sites is 1. The molecule has 1 amide bonds. The fourth-order valence-corrected chi connectivity index (χ4v) is 3.30. The number of amides is 1. The standard InChI is InChI=1S/C22H23N5O2/c1-15-5-3-4-6-18(15)24-22-21(16-7-9-17(29-2)10-8-16)25-20-14-26(13-19(23)28)11-12-27(20)22/h3-12,14,24-25H,13H2,1-2H3,(H2,23,28). The Hall–Kier alpha value is -3.87. The first-order valence-corrected chi connectivity index (χ1v) is 9.27. The molecule has 0 bridgehead atoms. The van der Waals surface area contributed by atoms with Gasteiger partial charge in [-0.25, -0.2) is 0 Å². The molecule has 0 aliphatic carbocycles. The van der Waals surface area contributed by atoms with Gasteiger partial charge in [0.2, 0.25) is 5.91 Å². The predicted octanol–water partition coefficient (Wildman–Crippen LogP) is 2.72. The minimum absolute atomic E-state index is 0.119. The SMILES string of the molecule is COc1ccc(C2=C(Nc3ccccc3C)N3C=CN(CC(N)=O)C=C3N2)cc1.